The van der Waals surface area contributed by atoms with E-state index in [1.807, 2.05) is 13.8 Å². The van der Waals surface area contributed by atoms with E-state index in [0.717, 1.165) is 48.2 Å². The van der Waals surface area contributed by atoms with Crippen LogP contribution in [0.15, 0.2) is 46.6 Å². The van der Waals surface area contributed by atoms with Crippen LogP contribution in [0.3, 0.4) is 0 Å². The van der Waals surface area contributed by atoms with Crippen molar-refractivity contribution in [3.63, 3.8) is 0 Å². The Morgan fingerprint density at radius 1 is 0.970 bits per heavy atom. The summed E-state index contributed by atoms with van der Waals surface area (Å²) in [6.07, 6.45) is 4.63. The van der Waals surface area contributed by atoms with Gasteiger partial charge in [0.2, 0.25) is 12.8 Å². The zero-order chi connectivity index (χ0) is 23.4. The smallest absolute Gasteiger partial charge is 0.207 e. The molecule has 2 aromatic carbocycles. The molecule has 0 spiro atoms. The van der Waals surface area contributed by atoms with Crippen LogP contribution in [-0.4, -0.2) is 30.3 Å². The van der Waals surface area contributed by atoms with Crippen LogP contribution >= 0.6 is 0 Å². The number of nitrogens with one attached hydrogen (secondary N) is 2. The molecule has 2 aromatic rings. The summed E-state index contributed by atoms with van der Waals surface area (Å²) in [5, 5.41) is 14.6. The Balaban J connectivity index is 1.92. The summed E-state index contributed by atoms with van der Waals surface area (Å²) >= 11 is 0. The molecule has 172 valence electrons. The average molecular weight is 446 g/mol. The van der Waals surface area contributed by atoms with E-state index < -0.39 is 5.41 Å². The first kappa shape index (κ1) is 22.9. The molecule has 7 nitrogen and oxygen atoms in total. The lowest BCUT2D eigenvalue weighted by atomic mass is 9.64. The quantitative estimate of drug-likeness (QED) is 0.516. The number of nitrogens with zero attached hydrogens (tertiary/aromatic N) is 2. The van der Waals surface area contributed by atoms with Crippen LogP contribution in [0.2, 0.25) is 0 Å². The molecule has 2 aliphatic rings. The Hall–Kier alpha value is -3.32. The number of nitrogens with two attached hydrogens (primary N) is 1. The summed E-state index contributed by atoms with van der Waals surface area (Å²) in [5.74, 6) is 0. The van der Waals surface area contributed by atoms with Crippen molar-refractivity contribution in [3.05, 3.63) is 69.8 Å². The first-order chi connectivity index (χ1) is 16.0. The highest BCUT2D eigenvalue weighted by atomic mass is 16.1. The van der Waals surface area contributed by atoms with Gasteiger partial charge in [0.1, 0.15) is 0 Å². The molecule has 0 radical (unpaired) electrons. The van der Waals surface area contributed by atoms with E-state index in [1.54, 1.807) is 0 Å². The van der Waals surface area contributed by atoms with Crippen LogP contribution < -0.4 is 16.4 Å². The van der Waals surface area contributed by atoms with Gasteiger partial charge in [-0.3, -0.25) is 9.59 Å². The SMILES string of the molecule is CC1=NN=C(C2(C[C@H](C)N)c3ccc(CNC=O)cc3CCc3cc(CNC=O)ccc32)C1. The first-order valence-electron chi connectivity index (χ1n) is 11.4. The number of carbonyl (C=O) groups excluding carboxylic acids is 2. The van der Waals surface area contributed by atoms with Gasteiger partial charge in [-0.25, -0.2) is 0 Å². The van der Waals surface area contributed by atoms with Gasteiger partial charge in [-0.1, -0.05) is 36.4 Å². The lowest BCUT2D eigenvalue weighted by molar-refractivity contribution is -0.110. The third-order valence-corrected chi connectivity index (χ3v) is 6.59. The van der Waals surface area contributed by atoms with Crippen molar-refractivity contribution in [1.82, 2.24) is 10.6 Å². The predicted octanol–water partition coefficient (Wildman–Crippen LogP) is 2.52. The van der Waals surface area contributed by atoms with Gasteiger partial charge in [-0.05, 0) is 66.5 Å². The van der Waals surface area contributed by atoms with Crippen molar-refractivity contribution in [2.45, 2.75) is 64.1 Å². The average Bonchev–Trinajstić information content (AvgIpc) is 3.20. The van der Waals surface area contributed by atoms with Gasteiger partial charge in [0.15, 0.2) is 0 Å². The molecule has 4 N–H and O–H groups in total. The highest BCUT2D eigenvalue weighted by Crippen LogP contribution is 2.46. The fourth-order valence-corrected chi connectivity index (χ4v) is 5.32. The van der Waals surface area contributed by atoms with Crippen LogP contribution in [0.4, 0.5) is 0 Å². The summed E-state index contributed by atoms with van der Waals surface area (Å²) < 4.78 is 0. The molecule has 7 heteroatoms. The van der Waals surface area contributed by atoms with Crippen molar-refractivity contribution in [2.24, 2.45) is 15.9 Å². The summed E-state index contributed by atoms with van der Waals surface area (Å²) in [6.45, 7) is 5.04. The molecule has 33 heavy (non-hydrogen) atoms. The van der Waals surface area contributed by atoms with Gasteiger partial charge >= 0.3 is 0 Å². The maximum atomic E-state index is 10.8. The largest absolute Gasteiger partial charge is 0.355 e. The van der Waals surface area contributed by atoms with E-state index in [1.165, 1.54) is 22.3 Å². The number of hydrogen-bond donors (Lipinski definition) is 3. The lowest BCUT2D eigenvalue weighted by Crippen LogP contribution is -2.42. The normalized spacial score (nSPS) is 17.1. The Morgan fingerprint density at radius 3 is 1.94 bits per heavy atom. The van der Waals surface area contributed by atoms with Gasteiger partial charge in [0.25, 0.3) is 0 Å². The third-order valence-electron chi connectivity index (χ3n) is 6.59. The highest BCUT2D eigenvalue weighted by molar-refractivity contribution is 6.13. The van der Waals surface area contributed by atoms with Crippen LogP contribution in [0.5, 0.6) is 0 Å². The number of fused-ring (bicyclic) bond motifs is 2. The molecule has 0 unspecified atom stereocenters. The second kappa shape index (κ2) is 9.67. The standard InChI is InChI=1S/C26H31N5O2/c1-17(27)12-26(25-9-18(2)30-31-25)23-7-3-19(13-28-15-32)10-21(23)5-6-22-11-20(14-29-16-33)4-8-24(22)26/h3-4,7-8,10-11,15-17H,5-6,9,12-14,27H2,1-2H3,(H,28,32)(H,29,33)/t17-/m0/s1. The maximum absolute atomic E-state index is 10.8. The minimum atomic E-state index is -0.482. The lowest BCUT2D eigenvalue weighted by Gasteiger charge is -2.38. The number of carbonyl (C=O) groups is 2. The van der Waals surface area contributed by atoms with E-state index >= 15 is 0 Å². The molecule has 2 amide bonds. The summed E-state index contributed by atoms with van der Waals surface area (Å²) in [7, 11) is 0. The van der Waals surface area contributed by atoms with E-state index in [2.05, 4.69) is 57.2 Å². The van der Waals surface area contributed by atoms with E-state index in [-0.39, 0.29) is 6.04 Å². The van der Waals surface area contributed by atoms with Crippen molar-refractivity contribution in [3.8, 4) is 0 Å². The van der Waals surface area contributed by atoms with Crippen molar-refractivity contribution < 1.29 is 9.59 Å². The fourth-order valence-electron chi connectivity index (χ4n) is 5.32. The Morgan fingerprint density at radius 2 is 1.52 bits per heavy atom. The third kappa shape index (κ3) is 4.46. The predicted molar refractivity (Wildman–Crippen MR) is 130 cm³/mol. The second-order valence-corrected chi connectivity index (χ2v) is 9.13. The Kier molecular flexibility index (Phi) is 6.70. The number of aryl methyl sites for hydroxylation is 2. The molecular formula is C26H31N5O2. The molecule has 0 bridgehead atoms. The van der Waals surface area contributed by atoms with Crippen LogP contribution in [0, 0.1) is 0 Å². The summed E-state index contributed by atoms with van der Waals surface area (Å²) in [5.41, 5.74) is 15.1. The Labute approximate surface area is 194 Å². The number of rotatable bonds is 9. The van der Waals surface area contributed by atoms with Gasteiger partial charge < -0.3 is 16.4 Å². The van der Waals surface area contributed by atoms with Gasteiger partial charge in [-0.2, -0.15) is 10.2 Å². The second-order valence-electron chi connectivity index (χ2n) is 9.13. The summed E-state index contributed by atoms with van der Waals surface area (Å²) in [6, 6.07) is 12.9. The zero-order valence-corrected chi connectivity index (χ0v) is 19.2. The number of benzene rings is 2. The molecule has 0 aromatic heterocycles. The molecule has 0 saturated heterocycles. The van der Waals surface area contributed by atoms with Gasteiger partial charge in [0, 0.05) is 31.3 Å². The molecule has 0 saturated carbocycles. The van der Waals surface area contributed by atoms with Gasteiger partial charge in [0.05, 0.1) is 11.1 Å². The topological polar surface area (TPSA) is 109 Å². The van der Waals surface area contributed by atoms with E-state index in [9.17, 15) is 9.59 Å². The molecule has 4 rings (SSSR count). The maximum Gasteiger partial charge on any atom is 0.207 e. The van der Waals surface area contributed by atoms with Crippen LogP contribution in [0.1, 0.15) is 60.1 Å². The van der Waals surface area contributed by atoms with Crippen molar-refractivity contribution >= 4 is 24.2 Å². The van der Waals surface area contributed by atoms with Crippen molar-refractivity contribution in [1.29, 1.82) is 0 Å². The Bertz CT molecular complexity index is 1060. The molecule has 1 heterocycles. The molecule has 1 atom stereocenters. The van der Waals surface area contributed by atoms with Crippen LogP contribution in [-0.2, 0) is 40.9 Å². The van der Waals surface area contributed by atoms with E-state index in [0.29, 0.717) is 25.9 Å². The molecular weight excluding hydrogens is 414 g/mol. The van der Waals surface area contributed by atoms with Gasteiger partial charge in [-0.15, -0.1) is 0 Å². The molecule has 1 aliphatic carbocycles. The first-order valence-corrected chi connectivity index (χ1v) is 11.4. The van der Waals surface area contributed by atoms with Crippen molar-refractivity contribution in [2.75, 3.05) is 0 Å². The number of hydrogen-bond acceptors (Lipinski definition) is 5. The minimum Gasteiger partial charge on any atom is -0.355 e. The highest BCUT2D eigenvalue weighted by Gasteiger charge is 2.45. The molecule has 1 aliphatic heterocycles. The summed E-state index contributed by atoms with van der Waals surface area (Å²) in [4.78, 5) is 21.7. The minimum absolute atomic E-state index is 0.0554. The monoisotopic (exact) mass is 445 g/mol. The number of amides is 2. The van der Waals surface area contributed by atoms with E-state index in [4.69, 9.17) is 5.73 Å². The molecule has 0 fully saturated rings. The zero-order valence-electron chi connectivity index (χ0n) is 19.2. The van der Waals surface area contributed by atoms with Crippen LogP contribution in [0.25, 0.3) is 0 Å². The fraction of sp³-hybridized carbons (Fsp3) is 0.385.